The van der Waals surface area contributed by atoms with E-state index in [0.717, 1.165) is 26.1 Å². The lowest BCUT2D eigenvalue weighted by atomic mass is 10.1. The van der Waals surface area contributed by atoms with Crippen LogP contribution in [0, 0.1) is 0 Å². The quantitative estimate of drug-likeness (QED) is 0.806. The molecule has 2 atom stereocenters. The molecule has 2 aromatic rings. The minimum absolute atomic E-state index is 0.0490. The van der Waals surface area contributed by atoms with E-state index in [1.807, 2.05) is 18.2 Å². The third-order valence-electron chi connectivity index (χ3n) is 5.52. The minimum atomic E-state index is -0.448. The third-order valence-corrected chi connectivity index (χ3v) is 5.52. The molecule has 4 rings (SSSR count). The van der Waals surface area contributed by atoms with E-state index in [0.29, 0.717) is 26.1 Å². The number of hydrogen-bond donors (Lipinski definition) is 1. The Kier molecular flexibility index (Phi) is 6.27. The molecule has 154 valence electrons. The number of likely N-dealkylation sites (tertiary alicyclic amines) is 1. The lowest BCUT2D eigenvalue weighted by Crippen LogP contribution is -2.51. The third kappa shape index (κ3) is 4.86. The summed E-state index contributed by atoms with van der Waals surface area (Å²) in [6, 6.07) is 13.2. The number of furan rings is 1. The SMILES string of the molecule is O=C(NC[C@H]1CN(Cc2ccccc2)CCO1)[C@@H]1CCCN1C(=O)c1ccco1. The van der Waals surface area contributed by atoms with Crippen LogP contribution in [-0.2, 0) is 16.1 Å². The topological polar surface area (TPSA) is 75.0 Å². The highest BCUT2D eigenvalue weighted by Crippen LogP contribution is 2.20. The molecule has 2 aliphatic rings. The molecule has 2 aliphatic heterocycles. The first kappa shape index (κ1) is 19.7. The van der Waals surface area contributed by atoms with Crippen molar-refractivity contribution in [3.05, 3.63) is 60.1 Å². The first-order valence-corrected chi connectivity index (χ1v) is 10.2. The Hall–Kier alpha value is -2.64. The predicted octanol–water partition coefficient (Wildman–Crippen LogP) is 1.90. The Balaban J connectivity index is 1.28. The van der Waals surface area contributed by atoms with Crippen LogP contribution in [0.4, 0.5) is 0 Å². The van der Waals surface area contributed by atoms with Gasteiger partial charge in [-0.1, -0.05) is 30.3 Å². The summed E-state index contributed by atoms with van der Waals surface area (Å²) in [5.74, 6) is -0.0707. The number of rotatable bonds is 6. The summed E-state index contributed by atoms with van der Waals surface area (Å²) in [6.45, 7) is 4.21. The van der Waals surface area contributed by atoms with Crippen molar-refractivity contribution in [2.45, 2.75) is 31.5 Å². The number of morpholine rings is 1. The Labute approximate surface area is 170 Å². The van der Waals surface area contributed by atoms with Crippen LogP contribution in [0.5, 0.6) is 0 Å². The summed E-state index contributed by atoms with van der Waals surface area (Å²) in [7, 11) is 0. The largest absolute Gasteiger partial charge is 0.459 e. The maximum absolute atomic E-state index is 12.7. The van der Waals surface area contributed by atoms with Gasteiger partial charge in [0.25, 0.3) is 5.91 Å². The molecule has 0 aliphatic carbocycles. The molecule has 1 aromatic heterocycles. The van der Waals surface area contributed by atoms with E-state index in [1.54, 1.807) is 17.0 Å². The molecule has 7 nitrogen and oxygen atoms in total. The molecule has 29 heavy (non-hydrogen) atoms. The van der Waals surface area contributed by atoms with Gasteiger partial charge in [-0.15, -0.1) is 0 Å². The van der Waals surface area contributed by atoms with Gasteiger partial charge in [-0.25, -0.2) is 0 Å². The second kappa shape index (κ2) is 9.24. The van der Waals surface area contributed by atoms with Gasteiger partial charge < -0.3 is 19.4 Å². The van der Waals surface area contributed by atoms with Crippen molar-refractivity contribution in [3.63, 3.8) is 0 Å². The first-order valence-electron chi connectivity index (χ1n) is 10.2. The molecule has 7 heteroatoms. The van der Waals surface area contributed by atoms with Crippen LogP contribution < -0.4 is 5.32 Å². The van der Waals surface area contributed by atoms with Gasteiger partial charge in [0.05, 0.1) is 19.0 Å². The van der Waals surface area contributed by atoms with E-state index < -0.39 is 6.04 Å². The number of hydrogen-bond acceptors (Lipinski definition) is 5. The van der Waals surface area contributed by atoms with Crippen LogP contribution in [0.25, 0.3) is 0 Å². The summed E-state index contributed by atoms with van der Waals surface area (Å²) >= 11 is 0. The summed E-state index contributed by atoms with van der Waals surface area (Å²) in [6.07, 6.45) is 2.91. The van der Waals surface area contributed by atoms with E-state index in [4.69, 9.17) is 9.15 Å². The van der Waals surface area contributed by atoms with Crippen LogP contribution in [0.3, 0.4) is 0 Å². The first-order chi connectivity index (χ1) is 14.2. The Morgan fingerprint density at radius 1 is 1.10 bits per heavy atom. The second-order valence-corrected chi connectivity index (χ2v) is 7.59. The van der Waals surface area contributed by atoms with Crippen LogP contribution in [0.2, 0.25) is 0 Å². The molecule has 2 fully saturated rings. The maximum atomic E-state index is 12.7. The van der Waals surface area contributed by atoms with Crippen molar-refractivity contribution in [2.75, 3.05) is 32.8 Å². The molecule has 2 saturated heterocycles. The summed E-state index contributed by atoms with van der Waals surface area (Å²) in [4.78, 5) is 29.3. The van der Waals surface area contributed by atoms with Gasteiger partial charge in [0.2, 0.25) is 5.91 Å². The van der Waals surface area contributed by atoms with Gasteiger partial charge >= 0.3 is 0 Å². The van der Waals surface area contributed by atoms with Crippen molar-refractivity contribution in [2.24, 2.45) is 0 Å². The fourth-order valence-corrected chi connectivity index (χ4v) is 4.05. The zero-order chi connectivity index (χ0) is 20.1. The second-order valence-electron chi connectivity index (χ2n) is 7.59. The molecule has 0 radical (unpaired) electrons. The van der Waals surface area contributed by atoms with Gasteiger partial charge in [0.1, 0.15) is 6.04 Å². The zero-order valence-corrected chi connectivity index (χ0v) is 16.5. The molecule has 0 spiro atoms. The Morgan fingerprint density at radius 2 is 1.97 bits per heavy atom. The lowest BCUT2D eigenvalue weighted by molar-refractivity contribution is -0.126. The average molecular weight is 397 g/mol. The molecule has 1 aromatic carbocycles. The van der Waals surface area contributed by atoms with Crippen LogP contribution in [-0.4, -0.2) is 66.5 Å². The van der Waals surface area contributed by atoms with Crippen molar-refractivity contribution < 1.29 is 18.7 Å². The molecule has 0 unspecified atom stereocenters. The molecule has 0 bridgehead atoms. The molecular formula is C22H27N3O4. The number of nitrogens with zero attached hydrogens (tertiary/aromatic N) is 2. The van der Waals surface area contributed by atoms with E-state index in [-0.39, 0.29) is 23.7 Å². The van der Waals surface area contributed by atoms with Gasteiger partial charge in [-0.2, -0.15) is 0 Å². The number of carbonyl (C=O) groups is 2. The fraction of sp³-hybridized carbons (Fsp3) is 0.455. The smallest absolute Gasteiger partial charge is 0.290 e. The monoisotopic (exact) mass is 397 g/mol. The molecule has 3 heterocycles. The minimum Gasteiger partial charge on any atom is -0.459 e. The molecular weight excluding hydrogens is 370 g/mol. The molecule has 0 saturated carbocycles. The number of ether oxygens (including phenoxy) is 1. The van der Waals surface area contributed by atoms with Gasteiger partial charge in [0.15, 0.2) is 5.76 Å². The number of benzene rings is 1. The van der Waals surface area contributed by atoms with E-state index in [1.165, 1.54) is 11.8 Å². The maximum Gasteiger partial charge on any atom is 0.290 e. The van der Waals surface area contributed by atoms with E-state index >= 15 is 0 Å². The zero-order valence-electron chi connectivity index (χ0n) is 16.5. The van der Waals surface area contributed by atoms with Crippen LogP contribution in [0.15, 0.2) is 53.1 Å². The highest BCUT2D eigenvalue weighted by Gasteiger charge is 2.35. The summed E-state index contributed by atoms with van der Waals surface area (Å²) < 4.78 is 11.0. The highest BCUT2D eigenvalue weighted by molar-refractivity contribution is 5.95. The van der Waals surface area contributed by atoms with Crippen LogP contribution in [0.1, 0.15) is 29.0 Å². The Morgan fingerprint density at radius 3 is 2.76 bits per heavy atom. The van der Waals surface area contributed by atoms with E-state index in [2.05, 4.69) is 22.3 Å². The standard InChI is InChI=1S/C22H27N3O4/c26-21(19-8-4-10-25(19)22(27)20-9-5-12-29-20)23-14-18-16-24(11-13-28-18)15-17-6-2-1-3-7-17/h1-3,5-7,9,12,18-19H,4,8,10-11,13-16H2,(H,23,26)/t18-,19-/m0/s1. The highest BCUT2D eigenvalue weighted by atomic mass is 16.5. The van der Waals surface area contributed by atoms with Gasteiger partial charge in [-0.3, -0.25) is 14.5 Å². The van der Waals surface area contributed by atoms with Crippen molar-refractivity contribution in [1.29, 1.82) is 0 Å². The number of amides is 2. The number of carbonyl (C=O) groups excluding carboxylic acids is 2. The lowest BCUT2D eigenvalue weighted by Gasteiger charge is -2.33. The summed E-state index contributed by atoms with van der Waals surface area (Å²) in [5.41, 5.74) is 1.27. The van der Waals surface area contributed by atoms with Gasteiger partial charge in [0, 0.05) is 32.7 Å². The predicted molar refractivity (Wildman–Crippen MR) is 107 cm³/mol. The van der Waals surface area contributed by atoms with Crippen molar-refractivity contribution in [3.8, 4) is 0 Å². The van der Waals surface area contributed by atoms with Crippen LogP contribution >= 0.6 is 0 Å². The normalized spacial score (nSPS) is 22.6. The average Bonchev–Trinajstić information content (AvgIpc) is 3.45. The Bertz CT molecular complexity index is 809. The summed E-state index contributed by atoms with van der Waals surface area (Å²) in [5, 5.41) is 2.99. The van der Waals surface area contributed by atoms with Crippen molar-refractivity contribution in [1.82, 2.24) is 15.1 Å². The van der Waals surface area contributed by atoms with Gasteiger partial charge in [-0.05, 0) is 30.5 Å². The molecule has 2 amide bonds. The molecule has 1 N–H and O–H groups in total. The fourth-order valence-electron chi connectivity index (χ4n) is 4.05. The van der Waals surface area contributed by atoms with Crippen molar-refractivity contribution >= 4 is 11.8 Å². The number of nitrogens with one attached hydrogen (secondary N) is 1. The van der Waals surface area contributed by atoms with E-state index in [9.17, 15) is 9.59 Å².